The van der Waals surface area contributed by atoms with Gasteiger partial charge in [-0.3, -0.25) is 0 Å². The van der Waals surface area contributed by atoms with Crippen molar-refractivity contribution in [1.29, 1.82) is 5.26 Å². The summed E-state index contributed by atoms with van der Waals surface area (Å²) >= 11 is 1.78. The molecule has 0 unspecified atom stereocenters. The molecule has 106 valence electrons. The molecule has 0 aliphatic carbocycles. The number of nitrogens with zero attached hydrogens (tertiary/aromatic N) is 3. The molecule has 21 heavy (non-hydrogen) atoms. The van der Waals surface area contributed by atoms with Gasteiger partial charge in [0.05, 0.1) is 27.5 Å². The van der Waals surface area contributed by atoms with Crippen LogP contribution in [0.4, 0.5) is 0 Å². The number of aryl methyl sites for hydroxylation is 2. The van der Waals surface area contributed by atoms with Gasteiger partial charge in [-0.1, -0.05) is 0 Å². The first kappa shape index (κ1) is 13.8. The summed E-state index contributed by atoms with van der Waals surface area (Å²) in [7, 11) is 0. The predicted molar refractivity (Wildman–Crippen MR) is 87.6 cm³/mol. The van der Waals surface area contributed by atoms with E-state index in [9.17, 15) is 0 Å². The van der Waals surface area contributed by atoms with Gasteiger partial charge in [-0.05, 0) is 57.5 Å². The van der Waals surface area contributed by atoms with Crippen LogP contribution in [0, 0.1) is 25.2 Å². The number of hydrogen-bond donors (Lipinski definition) is 0. The molecular weight excluding hydrogens is 278 g/mol. The third kappa shape index (κ3) is 2.24. The second kappa shape index (κ2) is 5.01. The Balaban J connectivity index is 2.31. The van der Waals surface area contributed by atoms with Crippen LogP contribution in [0.2, 0.25) is 0 Å². The van der Waals surface area contributed by atoms with Crippen molar-refractivity contribution in [1.82, 2.24) is 9.55 Å². The van der Waals surface area contributed by atoms with E-state index in [1.807, 2.05) is 18.2 Å². The Kier molecular flexibility index (Phi) is 3.30. The van der Waals surface area contributed by atoms with Crippen molar-refractivity contribution in [3.8, 4) is 16.8 Å². The number of imidazole rings is 1. The maximum absolute atomic E-state index is 9.06. The molecule has 3 nitrogen and oxygen atoms in total. The van der Waals surface area contributed by atoms with Gasteiger partial charge in [-0.2, -0.15) is 5.26 Å². The molecule has 0 amide bonds. The third-order valence-corrected chi connectivity index (χ3v) is 4.87. The second-order valence-corrected chi connectivity index (χ2v) is 6.82. The first-order valence-electron chi connectivity index (χ1n) is 7.00. The lowest BCUT2D eigenvalue weighted by Crippen LogP contribution is -2.02. The first-order valence-corrected chi connectivity index (χ1v) is 7.82. The summed E-state index contributed by atoms with van der Waals surface area (Å²) < 4.78 is 2.25. The molecule has 0 aliphatic rings. The van der Waals surface area contributed by atoms with Gasteiger partial charge >= 0.3 is 0 Å². The highest BCUT2D eigenvalue weighted by atomic mass is 32.1. The molecule has 3 aromatic rings. The summed E-state index contributed by atoms with van der Waals surface area (Å²) in [5, 5.41) is 9.06. The van der Waals surface area contributed by atoms with Crippen LogP contribution >= 0.6 is 11.3 Å². The smallest absolute Gasteiger partial charge is 0.151 e. The molecule has 0 radical (unpaired) electrons. The number of rotatable bonds is 2. The molecule has 0 N–H and O–H groups in total. The Morgan fingerprint density at radius 2 is 2.00 bits per heavy atom. The number of nitriles is 1. The summed E-state index contributed by atoms with van der Waals surface area (Å²) in [4.78, 5) is 7.30. The molecule has 0 fully saturated rings. The summed E-state index contributed by atoms with van der Waals surface area (Å²) in [6, 6.07) is 10.4. The molecular formula is C17H17N3S. The lowest BCUT2D eigenvalue weighted by atomic mass is 10.2. The van der Waals surface area contributed by atoms with Gasteiger partial charge in [-0.25, -0.2) is 4.98 Å². The van der Waals surface area contributed by atoms with Gasteiger partial charge in [0.2, 0.25) is 0 Å². The van der Waals surface area contributed by atoms with Crippen molar-refractivity contribution in [3.05, 3.63) is 40.3 Å². The summed E-state index contributed by atoms with van der Waals surface area (Å²) in [5.41, 5.74) is 3.93. The van der Waals surface area contributed by atoms with Gasteiger partial charge in [0, 0.05) is 10.9 Å². The van der Waals surface area contributed by atoms with Crippen LogP contribution in [0.3, 0.4) is 0 Å². The van der Waals surface area contributed by atoms with Gasteiger partial charge < -0.3 is 4.57 Å². The summed E-state index contributed by atoms with van der Waals surface area (Å²) in [6.07, 6.45) is 0. The quantitative estimate of drug-likeness (QED) is 0.679. The average Bonchev–Trinajstić information content (AvgIpc) is 2.98. The number of benzene rings is 1. The second-order valence-electron chi connectivity index (χ2n) is 5.56. The highest BCUT2D eigenvalue weighted by molar-refractivity contribution is 7.15. The number of thiophene rings is 1. The minimum atomic E-state index is 0.320. The van der Waals surface area contributed by atoms with E-state index in [1.165, 1.54) is 15.3 Å². The Labute approximate surface area is 128 Å². The monoisotopic (exact) mass is 295 g/mol. The van der Waals surface area contributed by atoms with Crippen LogP contribution in [-0.4, -0.2) is 9.55 Å². The van der Waals surface area contributed by atoms with Gasteiger partial charge in [-0.15, -0.1) is 11.3 Å². The molecule has 3 rings (SSSR count). The van der Waals surface area contributed by atoms with Crippen LogP contribution < -0.4 is 0 Å². The van der Waals surface area contributed by atoms with Crippen LogP contribution in [0.15, 0.2) is 24.3 Å². The fourth-order valence-corrected chi connectivity index (χ4v) is 3.57. The average molecular weight is 295 g/mol. The van der Waals surface area contributed by atoms with Crippen LogP contribution in [0.1, 0.15) is 35.9 Å². The zero-order valence-corrected chi connectivity index (χ0v) is 13.5. The molecule has 4 heteroatoms. The SMILES string of the molecule is Cc1cc(-c2nc3cc(C#N)ccc3n2C(C)C)sc1C. The fraction of sp³-hybridized carbons (Fsp3) is 0.294. The Morgan fingerprint density at radius 1 is 1.24 bits per heavy atom. The zero-order valence-electron chi connectivity index (χ0n) is 12.6. The van der Waals surface area contributed by atoms with E-state index in [0.29, 0.717) is 11.6 Å². The minimum absolute atomic E-state index is 0.320. The van der Waals surface area contributed by atoms with E-state index >= 15 is 0 Å². The molecule has 0 bridgehead atoms. The zero-order chi connectivity index (χ0) is 15.1. The van der Waals surface area contributed by atoms with E-state index in [2.05, 4.69) is 44.4 Å². The molecule has 0 saturated heterocycles. The van der Waals surface area contributed by atoms with Crippen LogP contribution in [-0.2, 0) is 0 Å². The minimum Gasteiger partial charge on any atom is -0.321 e. The van der Waals surface area contributed by atoms with E-state index in [-0.39, 0.29) is 0 Å². The largest absolute Gasteiger partial charge is 0.321 e. The van der Waals surface area contributed by atoms with E-state index in [1.54, 1.807) is 11.3 Å². The lowest BCUT2D eigenvalue weighted by molar-refractivity contribution is 0.625. The lowest BCUT2D eigenvalue weighted by Gasteiger charge is -2.12. The van der Waals surface area contributed by atoms with Crippen LogP contribution in [0.5, 0.6) is 0 Å². The first-order chi connectivity index (χ1) is 10.0. The highest BCUT2D eigenvalue weighted by Gasteiger charge is 2.17. The van der Waals surface area contributed by atoms with E-state index < -0.39 is 0 Å². The molecule has 2 heterocycles. The fourth-order valence-electron chi connectivity index (χ4n) is 2.55. The summed E-state index contributed by atoms with van der Waals surface area (Å²) in [6.45, 7) is 8.59. The van der Waals surface area contributed by atoms with Crippen LogP contribution in [0.25, 0.3) is 21.7 Å². The van der Waals surface area contributed by atoms with Crippen molar-refractivity contribution in [3.63, 3.8) is 0 Å². The molecule has 1 aromatic carbocycles. The van der Waals surface area contributed by atoms with Crippen molar-refractivity contribution >= 4 is 22.4 Å². The molecule has 0 spiro atoms. The van der Waals surface area contributed by atoms with Crippen molar-refractivity contribution < 1.29 is 0 Å². The van der Waals surface area contributed by atoms with Gasteiger partial charge in [0.15, 0.2) is 5.82 Å². The predicted octanol–water partition coefficient (Wildman–Crippen LogP) is 4.83. The summed E-state index contributed by atoms with van der Waals surface area (Å²) in [5.74, 6) is 0.997. The maximum atomic E-state index is 9.06. The van der Waals surface area contributed by atoms with Gasteiger partial charge in [0.1, 0.15) is 0 Å². The Morgan fingerprint density at radius 3 is 2.57 bits per heavy atom. The highest BCUT2D eigenvalue weighted by Crippen LogP contribution is 2.34. The third-order valence-electron chi connectivity index (χ3n) is 3.72. The number of aromatic nitrogens is 2. The van der Waals surface area contributed by atoms with Crippen molar-refractivity contribution in [2.45, 2.75) is 33.7 Å². The van der Waals surface area contributed by atoms with Gasteiger partial charge in [0.25, 0.3) is 0 Å². The topological polar surface area (TPSA) is 41.6 Å². The normalized spacial score (nSPS) is 11.2. The maximum Gasteiger partial charge on any atom is 0.151 e. The number of hydrogen-bond acceptors (Lipinski definition) is 3. The molecule has 2 aromatic heterocycles. The Hall–Kier alpha value is -2.12. The number of fused-ring (bicyclic) bond motifs is 1. The standard InChI is InChI=1S/C17H17N3S/c1-10(2)20-15-6-5-13(9-18)8-14(15)19-17(20)16-7-11(3)12(4)21-16/h5-8,10H,1-4H3. The molecule has 0 aliphatic heterocycles. The van der Waals surface area contributed by atoms with E-state index in [4.69, 9.17) is 10.2 Å². The van der Waals surface area contributed by atoms with Crippen molar-refractivity contribution in [2.24, 2.45) is 0 Å². The molecule has 0 atom stereocenters. The van der Waals surface area contributed by atoms with Crippen molar-refractivity contribution in [2.75, 3.05) is 0 Å². The Bertz CT molecular complexity index is 843. The van der Waals surface area contributed by atoms with E-state index in [0.717, 1.165) is 16.9 Å². The molecule has 0 saturated carbocycles.